The Hall–Kier alpha value is -3.75. The summed E-state index contributed by atoms with van der Waals surface area (Å²) in [4.78, 5) is 17.7. The fourth-order valence-electron chi connectivity index (χ4n) is 4.01. The molecule has 8 nitrogen and oxygen atoms in total. The molecule has 0 bridgehead atoms. The van der Waals surface area contributed by atoms with Gasteiger partial charge in [-0.25, -0.2) is 19.3 Å². The number of hydrogen-bond acceptors (Lipinski definition) is 8. The number of benzene rings is 1. The van der Waals surface area contributed by atoms with Crippen LogP contribution in [-0.4, -0.2) is 41.3 Å². The first kappa shape index (κ1) is 25.3. The number of halogens is 1. The molecule has 1 aliphatic rings. The van der Waals surface area contributed by atoms with Gasteiger partial charge in [-0.1, -0.05) is 12.5 Å². The maximum absolute atomic E-state index is 15.2. The molecular weight excluding hydrogens is 463 g/mol. The van der Waals surface area contributed by atoms with Crippen LogP contribution in [0.3, 0.4) is 0 Å². The molecule has 0 amide bonds. The molecule has 0 N–H and O–H groups in total. The van der Waals surface area contributed by atoms with E-state index < -0.39 is 0 Å². The normalized spacial score (nSPS) is 13.8. The van der Waals surface area contributed by atoms with Crippen molar-refractivity contribution in [1.82, 2.24) is 19.9 Å². The van der Waals surface area contributed by atoms with Gasteiger partial charge in [0.1, 0.15) is 30.1 Å². The molecule has 1 fully saturated rings. The van der Waals surface area contributed by atoms with E-state index >= 15 is 4.39 Å². The summed E-state index contributed by atoms with van der Waals surface area (Å²) in [7, 11) is 4.59. The van der Waals surface area contributed by atoms with Crippen molar-refractivity contribution in [3.05, 3.63) is 52.9 Å². The highest BCUT2D eigenvalue weighted by Gasteiger charge is 2.31. The molecule has 2 aromatic heterocycles. The second kappa shape index (κ2) is 10.9. The van der Waals surface area contributed by atoms with Crippen molar-refractivity contribution in [2.75, 3.05) is 21.3 Å². The van der Waals surface area contributed by atoms with Gasteiger partial charge in [0.15, 0.2) is 11.6 Å². The lowest BCUT2D eigenvalue weighted by molar-refractivity contribution is 0.270. The average Bonchev–Trinajstić information content (AvgIpc) is 3.75. The molecular formula is C27H31FN4O4. The zero-order valence-electron chi connectivity index (χ0n) is 21.5. The molecule has 1 saturated carbocycles. The van der Waals surface area contributed by atoms with E-state index in [9.17, 15) is 0 Å². The number of allylic oxidation sites excluding steroid dienone is 2. The second-order valence-corrected chi connectivity index (χ2v) is 8.69. The molecule has 4 rings (SSSR count). The Morgan fingerprint density at radius 1 is 0.972 bits per heavy atom. The highest BCUT2D eigenvalue weighted by molar-refractivity contribution is 5.72. The standard InChI is InChI=1S/C27H31FN4O4/c1-7-15(2)16(3)22-19(28)10-17(11-20(22)33-4)13-36-26-21(34-5)12-29-25(32-26)23-24(18-8-9-18)30-14-31-27(23)35-6/h10-12,14,18H,7-9,13H2,1-6H3. The largest absolute Gasteiger partial charge is 0.496 e. The van der Waals surface area contributed by atoms with E-state index in [2.05, 4.69) is 19.9 Å². The van der Waals surface area contributed by atoms with Crippen molar-refractivity contribution in [2.24, 2.45) is 0 Å². The minimum Gasteiger partial charge on any atom is -0.496 e. The van der Waals surface area contributed by atoms with Gasteiger partial charge in [-0.2, -0.15) is 4.98 Å². The van der Waals surface area contributed by atoms with E-state index in [0.29, 0.717) is 45.8 Å². The molecule has 190 valence electrons. The Morgan fingerprint density at radius 3 is 2.36 bits per heavy atom. The summed E-state index contributed by atoms with van der Waals surface area (Å²) in [6.07, 6.45) is 5.94. The van der Waals surface area contributed by atoms with Crippen LogP contribution < -0.4 is 18.9 Å². The van der Waals surface area contributed by atoms with Crippen LogP contribution in [0.4, 0.5) is 4.39 Å². The van der Waals surface area contributed by atoms with E-state index in [4.69, 9.17) is 18.9 Å². The lowest BCUT2D eigenvalue weighted by Gasteiger charge is -2.16. The number of rotatable bonds is 10. The van der Waals surface area contributed by atoms with Crippen LogP contribution in [0.15, 0.2) is 30.2 Å². The first-order valence-electron chi connectivity index (χ1n) is 11.9. The predicted octanol–water partition coefficient (Wildman–Crippen LogP) is 5.76. The Bertz CT molecular complexity index is 1290. The highest BCUT2D eigenvalue weighted by Crippen LogP contribution is 2.45. The first-order valence-corrected chi connectivity index (χ1v) is 11.9. The summed E-state index contributed by atoms with van der Waals surface area (Å²) in [5.41, 5.74) is 4.52. The Morgan fingerprint density at radius 2 is 1.72 bits per heavy atom. The van der Waals surface area contributed by atoms with E-state index in [1.807, 2.05) is 20.8 Å². The third-order valence-electron chi connectivity index (χ3n) is 6.42. The lowest BCUT2D eigenvalue weighted by Crippen LogP contribution is -2.06. The lowest BCUT2D eigenvalue weighted by atomic mass is 9.98. The second-order valence-electron chi connectivity index (χ2n) is 8.69. The van der Waals surface area contributed by atoms with Crippen molar-refractivity contribution < 1.29 is 23.3 Å². The maximum Gasteiger partial charge on any atom is 0.261 e. The fourth-order valence-corrected chi connectivity index (χ4v) is 4.01. The average molecular weight is 495 g/mol. The van der Waals surface area contributed by atoms with Crippen molar-refractivity contribution in [3.8, 4) is 34.6 Å². The zero-order chi connectivity index (χ0) is 25.8. The van der Waals surface area contributed by atoms with Gasteiger partial charge >= 0.3 is 0 Å². The monoisotopic (exact) mass is 494 g/mol. The molecule has 1 aliphatic carbocycles. The first-order chi connectivity index (χ1) is 17.4. The van der Waals surface area contributed by atoms with Crippen molar-refractivity contribution >= 4 is 5.57 Å². The van der Waals surface area contributed by atoms with Crippen LogP contribution in [0.1, 0.15) is 62.8 Å². The van der Waals surface area contributed by atoms with E-state index in [0.717, 1.165) is 36.1 Å². The highest BCUT2D eigenvalue weighted by atomic mass is 19.1. The minimum atomic E-state index is -0.367. The number of nitrogens with zero attached hydrogens (tertiary/aromatic N) is 4. The third kappa shape index (κ3) is 5.10. The number of aromatic nitrogens is 4. The predicted molar refractivity (Wildman–Crippen MR) is 134 cm³/mol. The summed E-state index contributed by atoms with van der Waals surface area (Å²) in [5.74, 6) is 1.76. The van der Waals surface area contributed by atoms with Crippen LogP contribution in [0.25, 0.3) is 17.0 Å². The third-order valence-corrected chi connectivity index (χ3v) is 6.42. The molecule has 0 atom stereocenters. The maximum atomic E-state index is 15.2. The van der Waals surface area contributed by atoms with Crippen molar-refractivity contribution in [2.45, 2.75) is 52.6 Å². The van der Waals surface area contributed by atoms with Gasteiger partial charge in [-0.3, -0.25) is 0 Å². The summed E-state index contributed by atoms with van der Waals surface area (Å²) in [5, 5.41) is 0. The van der Waals surface area contributed by atoms with Crippen LogP contribution >= 0.6 is 0 Å². The van der Waals surface area contributed by atoms with Crippen LogP contribution in [-0.2, 0) is 6.61 Å². The summed E-state index contributed by atoms with van der Waals surface area (Å²) in [6.45, 7) is 5.99. The molecule has 0 radical (unpaired) electrons. The van der Waals surface area contributed by atoms with Gasteiger partial charge in [0.25, 0.3) is 5.88 Å². The molecule has 1 aromatic carbocycles. The summed E-state index contributed by atoms with van der Waals surface area (Å²) >= 11 is 0. The van der Waals surface area contributed by atoms with Crippen molar-refractivity contribution in [1.29, 1.82) is 0 Å². The molecule has 9 heteroatoms. The summed E-state index contributed by atoms with van der Waals surface area (Å²) < 4.78 is 37.6. The van der Waals surface area contributed by atoms with E-state index in [1.54, 1.807) is 13.2 Å². The van der Waals surface area contributed by atoms with E-state index in [-0.39, 0.29) is 18.3 Å². The SMILES string of the molecule is CCC(C)=C(C)c1c(F)cc(COc2nc(-c3c(OC)ncnc3C3CC3)ncc2OC)cc1OC. The van der Waals surface area contributed by atoms with Gasteiger partial charge in [0, 0.05) is 5.92 Å². The fraction of sp³-hybridized carbons (Fsp3) is 0.407. The molecule has 0 aliphatic heterocycles. The Kier molecular flexibility index (Phi) is 7.67. The molecule has 36 heavy (non-hydrogen) atoms. The molecule has 0 unspecified atom stereocenters. The Labute approximate surface area is 210 Å². The smallest absolute Gasteiger partial charge is 0.261 e. The van der Waals surface area contributed by atoms with Gasteiger partial charge in [-0.05, 0) is 56.4 Å². The van der Waals surface area contributed by atoms with Crippen LogP contribution in [0.2, 0.25) is 0 Å². The van der Waals surface area contributed by atoms with Crippen LogP contribution in [0, 0.1) is 5.82 Å². The van der Waals surface area contributed by atoms with Gasteiger partial charge in [0.05, 0.1) is 38.8 Å². The summed E-state index contributed by atoms with van der Waals surface area (Å²) in [6, 6.07) is 3.23. The molecule has 0 saturated heterocycles. The van der Waals surface area contributed by atoms with Crippen LogP contribution in [0.5, 0.6) is 23.3 Å². The van der Waals surface area contributed by atoms with Crippen molar-refractivity contribution in [3.63, 3.8) is 0 Å². The minimum absolute atomic E-state index is 0.0494. The van der Waals surface area contributed by atoms with Gasteiger partial charge in [0.2, 0.25) is 5.88 Å². The zero-order valence-corrected chi connectivity index (χ0v) is 21.5. The van der Waals surface area contributed by atoms with Gasteiger partial charge < -0.3 is 18.9 Å². The topological polar surface area (TPSA) is 88.5 Å². The quantitative estimate of drug-likeness (QED) is 0.352. The Balaban J connectivity index is 1.67. The number of methoxy groups -OCH3 is 3. The molecule has 3 aromatic rings. The van der Waals surface area contributed by atoms with Gasteiger partial charge in [-0.15, -0.1) is 0 Å². The number of ether oxygens (including phenoxy) is 4. The number of hydrogen-bond donors (Lipinski definition) is 0. The molecule has 2 heterocycles. The van der Waals surface area contributed by atoms with E-state index in [1.165, 1.54) is 32.8 Å². The molecule has 0 spiro atoms.